The zero-order valence-corrected chi connectivity index (χ0v) is 11.5. The van der Waals surface area contributed by atoms with Crippen LogP contribution in [0.25, 0.3) is 0 Å². The number of methoxy groups -OCH3 is 1. The van der Waals surface area contributed by atoms with Gasteiger partial charge in [0.1, 0.15) is 18.6 Å². The smallest absolute Gasteiger partial charge is 0.406 e. The molecule has 0 fully saturated rings. The van der Waals surface area contributed by atoms with Crippen LogP contribution >= 0.6 is 0 Å². The van der Waals surface area contributed by atoms with Crippen molar-refractivity contribution in [2.45, 2.75) is 6.61 Å². The molecule has 0 amide bonds. The van der Waals surface area contributed by atoms with Crippen LogP contribution in [0, 0.1) is 15.9 Å². The van der Waals surface area contributed by atoms with Gasteiger partial charge in [-0.2, -0.15) is 0 Å². The first kappa shape index (κ1) is 15.4. The Morgan fingerprint density at radius 1 is 1.41 bits per heavy atom. The molecule has 1 aromatic heterocycles. The second-order valence-corrected chi connectivity index (χ2v) is 4.16. The average molecular weight is 306 g/mol. The first-order valence-electron chi connectivity index (χ1n) is 6.12. The van der Waals surface area contributed by atoms with Crippen LogP contribution in [0.4, 0.5) is 10.2 Å². The van der Waals surface area contributed by atoms with Crippen LogP contribution in [-0.4, -0.2) is 23.0 Å². The van der Waals surface area contributed by atoms with Crippen molar-refractivity contribution in [3.63, 3.8) is 0 Å². The van der Waals surface area contributed by atoms with E-state index in [-0.39, 0.29) is 17.9 Å². The molecule has 0 aliphatic rings. The topological polar surface area (TPSA) is 91.6 Å². The van der Waals surface area contributed by atoms with E-state index in [4.69, 9.17) is 4.74 Å². The van der Waals surface area contributed by atoms with Gasteiger partial charge in [-0.05, 0) is 34.2 Å². The SMILES string of the molecule is COC(=O)c1cc(F)ccc1COc1cccnc1[N+](=O)[O-]. The highest BCUT2D eigenvalue weighted by molar-refractivity contribution is 5.91. The molecular weight excluding hydrogens is 295 g/mol. The Kier molecular flexibility index (Phi) is 4.62. The number of esters is 1. The number of rotatable bonds is 5. The zero-order valence-electron chi connectivity index (χ0n) is 11.5. The number of hydrogen-bond acceptors (Lipinski definition) is 6. The lowest BCUT2D eigenvalue weighted by molar-refractivity contribution is -0.390. The van der Waals surface area contributed by atoms with Gasteiger partial charge in [-0.1, -0.05) is 6.07 Å². The summed E-state index contributed by atoms with van der Waals surface area (Å²) in [5, 5.41) is 10.8. The maximum atomic E-state index is 13.2. The monoisotopic (exact) mass is 306 g/mol. The van der Waals surface area contributed by atoms with E-state index in [0.717, 1.165) is 12.1 Å². The van der Waals surface area contributed by atoms with E-state index < -0.39 is 22.5 Å². The lowest BCUT2D eigenvalue weighted by atomic mass is 10.1. The van der Waals surface area contributed by atoms with Crippen molar-refractivity contribution < 1.29 is 23.6 Å². The van der Waals surface area contributed by atoms with E-state index in [1.807, 2.05) is 0 Å². The Labute approximate surface area is 124 Å². The molecule has 1 heterocycles. The summed E-state index contributed by atoms with van der Waals surface area (Å²) >= 11 is 0. The van der Waals surface area contributed by atoms with Crippen molar-refractivity contribution in [3.8, 4) is 5.75 Å². The minimum atomic E-state index is -0.723. The number of benzene rings is 1. The van der Waals surface area contributed by atoms with Gasteiger partial charge >= 0.3 is 11.8 Å². The molecule has 2 aromatic rings. The van der Waals surface area contributed by atoms with Crippen molar-refractivity contribution in [2.75, 3.05) is 7.11 Å². The molecule has 0 bridgehead atoms. The summed E-state index contributed by atoms with van der Waals surface area (Å²) in [7, 11) is 1.17. The minimum Gasteiger partial charge on any atom is -0.481 e. The summed E-state index contributed by atoms with van der Waals surface area (Å²) in [4.78, 5) is 25.4. The van der Waals surface area contributed by atoms with Gasteiger partial charge in [0.2, 0.25) is 5.75 Å². The third-order valence-electron chi connectivity index (χ3n) is 2.78. The maximum Gasteiger partial charge on any atom is 0.406 e. The van der Waals surface area contributed by atoms with Gasteiger partial charge in [-0.25, -0.2) is 9.18 Å². The molecule has 2 rings (SSSR count). The third kappa shape index (κ3) is 3.35. The Balaban J connectivity index is 2.26. The van der Waals surface area contributed by atoms with Crippen LogP contribution in [0.5, 0.6) is 5.75 Å². The molecule has 0 atom stereocenters. The Bertz CT molecular complexity index is 720. The maximum absolute atomic E-state index is 13.2. The summed E-state index contributed by atoms with van der Waals surface area (Å²) in [6.07, 6.45) is 1.27. The average Bonchev–Trinajstić information content (AvgIpc) is 2.53. The van der Waals surface area contributed by atoms with E-state index in [1.165, 1.54) is 31.5 Å². The fourth-order valence-corrected chi connectivity index (χ4v) is 1.76. The molecule has 0 aliphatic heterocycles. The van der Waals surface area contributed by atoms with Gasteiger partial charge in [0.15, 0.2) is 0 Å². The molecule has 0 aliphatic carbocycles. The fourth-order valence-electron chi connectivity index (χ4n) is 1.76. The van der Waals surface area contributed by atoms with Crippen LogP contribution < -0.4 is 4.74 Å². The number of pyridine rings is 1. The molecule has 22 heavy (non-hydrogen) atoms. The number of carbonyl (C=O) groups excluding carboxylic acids is 1. The van der Waals surface area contributed by atoms with Gasteiger partial charge in [0, 0.05) is 5.56 Å². The van der Waals surface area contributed by atoms with Gasteiger partial charge in [0.25, 0.3) is 0 Å². The minimum absolute atomic E-state index is 0.00552. The number of ether oxygens (including phenoxy) is 2. The lowest BCUT2D eigenvalue weighted by Gasteiger charge is -2.10. The lowest BCUT2D eigenvalue weighted by Crippen LogP contribution is -2.09. The fraction of sp³-hybridized carbons (Fsp3) is 0.143. The molecule has 0 saturated carbocycles. The van der Waals surface area contributed by atoms with E-state index in [2.05, 4.69) is 9.72 Å². The van der Waals surface area contributed by atoms with Crippen LogP contribution in [0.1, 0.15) is 15.9 Å². The van der Waals surface area contributed by atoms with E-state index in [0.29, 0.717) is 5.56 Å². The highest BCUT2D eigenvalue weighted by atomic mass is 19.1. The molecule has 7 nitrogen and oxygen atoms in total. The molecule has 0 saturated heterocycles. The first-order valence-corrected chi connectivity index (χ1v) is 6.12. The summed E-state index contributed by atoms with van der Waals surface area (Å²) in [5.41, 5.74) is 0.334. The number of nitro groups is 1. The van der Waals surface area contributed by atoms with Gasteiger partial charge in [-0.15, -0.1) is 0 Å². The molecule has 114 valence electrons. The van der Waals surface area contributed by atoms with Crippen molar-refractivity contribution >= 4 is 11.8 Å². The number of carbonyl (C=O) groups is 1. The molecule has 0 spiro atoms. The van der Waals surface area contributed by atoms with E-state index in [9.17, 15) is 19.3 Å². The highest BCUT2D eigenvalue weighted by Crippen LogP contribution is 2.24. The van der Waals surface area contributed by atoms with Crippen molar-refractivity contribution in [1.29, 1.82) is 0 Å². The molecule has 0 unspecified atom stereocenters. The predicted molar refractivity (Wildman–Crippen MR) is 73.0 cm³/mol. The number of hydrogen-bond donors (Lipinski definition) is 0. The van der Waals surface area contributed by atoms with Crippen molar-refractivity contribution in [1.82, 2.24) is 4.98 Å². The second-order valence-electron chi connectivity index (χ2n) is 4.16. The van der Waals surface area contributed by atoms with Gasteiger partial charge < -0.3 is 19.6 Å². The summed E-state index contributed by atoms with van der Waals surface area (Å²) < 4.78 is 23.1. The molecule has 1 aromatic carbocycles. The summed E-state index contributed by atoms with van der Waals surface area (Å²) in [6.45, 7) is -0.169. The standard InChI is InChI=1S/C14H11FN2O5/c1-21-14(18)11-7-10(15)5-4-9(11)8-22-12-3-2-6-16-13(12)17(19)20/h2-7H,8H2,1H3. The second kappa shape index (κ2) is 6.61. The quantitative estimate of drug-likeness (QED) is 0.479. The first-order chi connectivity index (χ1) is 10.5. The third-order valence-corrected chi connectivity index (χ3v) is 2.78. The van der Waals surface area contributed by atoms with Gasteiger partial charge in [-0.3, -0.25) is 0 Å². The van der Waals surface area contributed by atoms with Crippen LogP contribution in [0.3, 0.4) is 0 Å². The Morgan fingerprint density at radius 2 is 2.18 bits per heavy atom. The van der Waals surface area contributed by atoms with Crippen molar-refractivity contribution in [2.24, 2.45) is 0 Å². The Hall–Kier alpha value is -3.03. The summed E-state index contributed by atoms with van der Waals surface area (Å²) in [6, 6.07) is 6.38. The van der Waals surface area contributed by atoms with E-state index >= 15 is 0 Å². The van der Waals surface area contributed by atoms with Gasteiger partial charge in [0.05, 0.1) is 12.7 Å². The zero-order chi connectivity index (χ0) is 16.1. The molecular formula is C14H11FN2O5. The molecule has 0 radical (unpaired) electrons. The normalized spacial score (nSPS) is 10.1. The van der Waals surface area contributed by atoms with Crippen molar-refractivity contribution in [3.05, 3.63) is 63.6 Å². The number of nitrogens with zero attached hydrogens (tertiary/aromatic N) is 2. The van der Waals surface area contributed by atoms with E-state index in [1.54, 1.807) is 0 Å². The number of aromatic nitrogens is 1. The summed E-state index contributed by atoms with van der Waals surface area (Å²) in [5.74, 6) is -1.81. The largest absolute Gasteiger partial charge is 0.481 e. The Morgan fingerprint density at radius 3 is 2.86 bits per heavy atom. The molecule has 0 N–H and O–H groups in total. The van der Waals surface area contributed by atoms with Crippen LogP contribution in [0.15, 0.2) is 36.5 Å². The molecule has 8 heteroatoms. The number of halogens is 1. The highest BCUT2D eigenvalue weighted by Gasteiger charge is 2.18. The van der Waals surface area contributed by atoms with Crippen LogP contribution in [-0.2, 0) is 11.3 Å². The predicted octanol–water partition coefficient (Wildman–Crippen LogP) is 2.49. The van der Waals surface area contributed by atoms with Crippen LogP contribution in [0.2, 0.25) is 0 Å².